The molecule has 0 aromatic carbocycles. The summed E-state index contributed by atoms with van der Waals surface area (Å²) in [7, 11) is 1.97. The molecule has 0 heterocycles. The second-order valence-electron chi connectivity index (χ2n) is 5.79. The van der Waals surface area contributed by atoms with Crippen LogP contribution in [0.25, 0.3) is 0 Å². The highest BCUT2D eigenvalue weighted by Crippen LogP contribution is 2.19. The Balaban J connectivity index is 2.33. The van der Waals surface area contributed by atoms with E-state index in [2.05, 4.69) is 24.1 Å². The summed E-state index contributed by atoms with van der Waals surface area (Å²) in [6.07, 6.45) is 3.11. The molecule has 0 aliphatic heterocycles. The van der Waals surface area contributed by atoms with Crippen LogP contribution in [0.3, 0.4) is 0 Å². The van der Waals surface area contributed by atoms with E-state index in [0.717, 1.165) is 12.8 Å². The number of hydrogen-bond acceptors (Lipinski definition) is 3. The minimum absolute atomic E-state index is 0.0793. The van der Waals surface area contributed by atoms with Crippen molar-refractivity contribution in [2.75, 3.05) is 13.6 Å². The molecule has 1 N–H and O–H groups in total. The van der Waals surface area contributed by atoms with E-state index in [1.807, 2.05) is 14.0 Å². The van der Waals surface area contributed by atoms with Crippen molar-refractivity contribution in [1.82, 2.24) is 10.2 Å². The molecule has 1 aliphatic rings. The molecule has 104 valence electrons. The maximum absolute atomic E-state index is 11.9. The molecule has 0 bridgehead atoms. The molecule has 1 saturated carbocycles. The summed E-state index contributed by atoms with van der Waals surface area (Å²) in [6.45, 7) is 6.65. The number of Topliss-reactive ketones (excluding diaryl/α,β-unsaturated/α-hetero) is 1. The number of carbonyl (C=O) groups excluding carboxylic acids is 2. The number of ketones is 1. The molecule has 1 unspecified atom stereocenters. The van der Waals surface area contributed by atoms with Gasteiger partial charge in [-0.3, -0.25) is 14.5 Å². The average Bonchev–Trinajstić information content (AvgIpc) is 2.29. The van der Waals surface area contributed by atoms with Crippen LogP contribution in [0, 0.1) is 5.92 Å². The van der Waals surface area contributed by atoms with Gasteiger partial charge in [-0.1, -0.05) is 13.8 Å². The third-order valence-electron chi connectivity index (χ3n) is 3.92. The molecule has 4 heteroatoms. The van der Waals surface area contributed by atoms with Crippen molar-refractivity contribution < 1.29 is 9.59 Å². The van der Waals surface area contributed by atoms with Crippen molar-refractivity contribution >= 4 is 11.7 Å². The molecule has 0 radical (unpaired) electrons. The lowest BCUT2D eigenvalue weighted by atomic mass is 9.93. The minimum atomic E-state index is 0.0793. The maximum atomic E-state index is 11.9. The van der Waals surface area contributed by atoms with E-state index >= 15 is 0 Å². The lowest BCUT2D eigenvalue weighted by Gasteiger charge is -2.30. The van der Waals surface area contributed by atoms with E-state index in [1.54, 1.807) is 0 Å². The summed E-state index contributed by atoms with van der Waals surface area (Å²) in [5, 5.41) is 3.01. The van der Waals surface area contributed by atoms with Crippen LogP contribution in [-0.2, 0) is 9.59 Å². The Labute approximate surface area is 110 Å². The Morgan fingerprint density at radius 3 is 2.39 bits per heavy atom. The van der Waals surface area contributed by atoms with E-state index in [1.165, 1.54) is 0 Å². The summed E-state index contributed by atoms with van der Waals surface area (Å²) in [5.74, 6) is 0.889. The van der Waals surface area contributed by atoms with E-state index < -0.39 is 0 Å². The second kappa shape index (κ2) is 6.88. The molecule has 1 fully saturated rings. The summed E-state index contributed by atoms with van der Waals surface area (Å²) in [6, 6.07) is 0.585. The van der Waals surface area contributed by atoms with E-state index in [4.69, 9.17) is 0 Å². The summed E-state index contributed by atoms with van der Waals surface area (Å²) in [5.41, 5.74) is 0. The summed E-state index contributed by atoms with van der Waals surface area (Å²) >= 11 is 0. The van der Waals surface area contributed by atoms with Crippen molar-refractivity contribution in [3.8, 4) is 0 Å². The van der Waals surface area contributed by atoms with Crippen LogP contribution < -0.4 is 5.32 Å². The molecular formula is C14H26N2O2. The van der Waals surface area contributed by atoms with Gasteiger partial charge >= 0.3 is 0 Å². The Hall–Kier alpha value is -0.900. The number of nitrogens with one attached hydrogen (secondary N) is 1. The summed E-state index contributed by atoms with van der Waals surface area (Å²) in [4.78, 5) is 25.1. The largest absolute Gasteiger partial charge is 0.352 e. The molecule has 1 aliphatic carbocycles. The fourth-order valence-corrected chi connectivity index (χ4v) is 2.19. The highest BCUT2D eigenvalue weighted by molar-refractivity contribution is 5.79. The van der Waals surface area contributed by atoms with Crippen LogP contribution >= 0.6 is 0 Å². The smallest absolute Gasteiger partial charge is 0.234 e. The SMILES string of the molecule is CC(C)C(C)NC(=O)CN(C)C1CCC(=O)CC1. The van der Waals surface area contributed by atoms with Gasteiger partial charge < -0.3 is 5.32 Å². The number of likely N-dealkylation sites (N-methyl/N-ethyl adjacent to an activating group) is 1. The predicted octanol–water partition coefficient (Wildman–Crippen LogP) is 1.59. The van der Waals surface area contributed by atoms with Crippen molar-refractivity contribution in [3.63, 3.8) is 0 Å². The lowest BCUT2D eigenvalue weighted by molar-refractivity contribution is -0.124. The molecule has 0 spiro atoms. The van der Waals surface area contributed by atoms with Gasteiger partial charge in [0.1, 0.15) is 5.78 Å². The van der Waals surface area contributed by atoms with Crippen molar-refractivity contribution in [1.29, 1.82) is 0 Å². The zero-order valence-electron chi connectivity index (χ0n) is 12.0. The Morgan fingerprint density at radius 1 is 1.33 bits per heavy atom. The highest BCUT2D eigenvalue weighted by atomic mass is 16.2. The fraction of sp³-hybridized carbons (Fsp3) is 0.857. The van der Waals surface area contributed by atoms with Crippen LogP contribution in [0.1, 0.15) is 46.5 Å². The van der Waals surface area contributed by atoms with Gasteiger partial charge in [0.05, 0.1) is 6.54 Å². The van der Waals surface area contributed by atoms with Crippen molar-refractivity contribution in [2.45, 2.75) is 58.5 Å². The molecule has 18 heavy (non-hydrogen) atoms. The third-order valence-corrected chi connectivity index (χ3v) is 3.92. The average molecular weight is 254 g/mol. The number of carbonyl (C=O) groups is 2. The first-order valence-corrected chi connectivity index (χ1v) is 6.91. The number of amides is 1. The monoisotopic (exact) mass is 254 g/mol. The standard InChI is InChI=1S/C14H26N2O2/c1-10(2)11(3)15-14(18)9-16(4)12-5-7-13(17)8-6-12/h10-12H,5-9H2,1-4H3,(H,15,18). The summed E-state index contributed by atoms with van der Waals surface area (Å²) < 4.78 is 0. The van der Waals surface area contributed by atoms with Gasteiger partial charge in [-0.2, -0.15) is 0 Å². The Kier molecular flexibility index (Phi) is 5.79. The van der Waals surface area contributed by atoms with Gasteiger partial charge in [0.25, 0.3) is 0 Å². The van der Waals surface area contributed by atoms with Gasteiger partial charge in [0.2, 0.25) is 5.91 Å². The van der Waals surface area contributed by atoms with Crippen LogP contribution in [-0.4, -0.2) is 42.3 Å². The molecule has 0 saturated heterocycles. The normalized spacial score (nSPS) is 19.3. The quantitative estimate of drug-likeness (QED) is 0.810. The van der Waals surface area contributed by atoms with Gasteiger partial charge in [-0.15, -0.1) is 0 Å². The zero-order chi connectivity index (χ0) is 13.7. The van der Waals surface area contributed by atoms with Crippen LogP contribution in [0.4, 0.5) is 0 Å². The van der Waals surface area contributed by atoms with E-state index in [9.17, 15) is 9.59 Å². The van der Waals surface area contributed by atoms with Gasteiger partial charge in [-0.25, -0.2) is 0 Å². The Bertz CT molecular complexity index is 292. The van der Waals surface area contributed by atoms with Crippen molar-refractivity contribution in [2.24, 2.45) is 5.92 Å². The molecule has 0 aromatic heterocycles. The predicted molar refractivity (Wildman–Crippen MR) is 72.3 cm³/mol. The first-order chi connectivity index (χ1) is 8.40. The first kappa shape index (κ1) is 15.2. The van der Waals surface area contributed by atoms with Crippen LogP contribution in [0.2, 0.25) is 0 Å². The lowest BCUT2D eigenvalue weighted by Crippen LogP contribution is -2.45. The molecular weight excluding hydrogens is 228 g/mol. The molecule has 1 rings (SSSR count). The van der Waals surface area contributed by atoms with E-state index in [-0.39, 0.29) is 11.9 Å². The number of nitrogens with zero attached hydrogens (tertiary/aromatic N) is 1. The van der Waals surface area contributed by atoms with Gasteiger partial charge in [-0.05, 0) is 32.7 Å². The van der Waals surface area contributed by atoms with Gasteiger partial charge in [0.15, 0.2) is 0 Å². The molecule has 4 nitrogen and oxygen atoms in total. The fourth-order valence-electron chi connectivity index (χ4n) is 2.19. The number of rotatable bonds is 5. The first-order valence-electron chi connectivity index (χ1n) is 6.91. The van der Waals surface area contributed by atoms with Crippen molar-refractivity contribution in [3.05, 3.63) is 0 Å². The highest BCUT2D eigenvalue weighted by Gasteiger charge is 2.23. The van der Waals surface area contributed by atoms with Gasteiger partial charge in [0, 0.05) is 24.9 Å². The topological polar surface area (TPSA) is 49.4 Å². The second-order valence-corrected chi connectivity index (χ2v) is 5.79. The molecule has 1 amide bonds. The van der Waals surface area contributed by atoms with Crippen LogP contribution in [0.15, 0.2) is 0 Å². The third kappa shape index (κ3) is 4.77. The number of hydrogen-bond donors (Lipinski definition) is 1. The zero-order valence-corrected chi connectivity index (χ0v) is 12.0. The molecule has 1 atom stereocenters. The minimum Gasteiger partial charge on any atom is -0.352 e. The van der Waals surface area contributed by atoms with Crippen LogP contribution in [0.5, 0.6) is 0 Å². The maximum Gasteiger partial charge on any atom is 0.234 e. The molecule has 0 aromatic rings. The Morgan fingerprint density at radius 2 is 1.89 bits per heavy atom. The van der Waals surface area contributed by atoms with E-state index in [0.29, 0.717) is 37.1 Å².